The second kappa shape index (κ2) is 6.51. The molecule has 6 nitrogen and oxygen atoms in total. The van der Waals surface area contributed by atoms with Gasteiger partial charge in [0.1, 0.15) is 0 Å². The first-order valence-corrected chi connectivity index (χ1v) is 9.92. The Balaban J connectivity index is 1.71. The third-order valence-electron chi connectivity index (χ3n) is 4.33. The first kappa shape index (κ1) is 17.2. The van der Waals surface area contributed by atoms with Gasteiger partial charge in [0.2, 0.25) is 5.78 Å². The van der Waals surface area contributed by atoms with Crippen molar-refractivity contribution in [3.63, 3.8) is 0 Å². The maximum Gasteiger partial charge on any atom is 0.261 e. The molecule has 2 heterocycles. The van der Waals surface area contributed by atoms with Crippen molar-refractivity contribution in [2.24, 2.45) is 0 Å². The Morgan fingerprint density at radius 2 is 1.81 bits per heavy atom. The summed E-state index contributed by atoms with van der Waals surface area (Å²) < 4.78 is 29.9. The van der Waals surface area contributed by atoms with E-state index >= 15 is 0 Å². The zero-order valence-corrected chi connectivity index (χ0v) is 15.7. The third kappa shape index (κ3) is 3.29. The second-order valence-electron chi connectivity index (χ2n) is 6.34. The summed E-state index contributed by atoms with van der Waals surface area (Å²) in [5, 5.41) is 0. The van der Waals surface area contributed by atoms with Gasteiger partial charge in [-0.15, -0.1) is 0 Å². The van der Waals surface area contributed by atoms with Gasteiger partial charge in [-0.25, -0.2) is 18.4 Å². The van der Waals surface area contributed by atoms with Gasteiger partial charge in [0.25, 0.3) is 10.0 Å². The number of hydrogen-bond donors (Lipinski definition) is 1. The van der Waals surface area contributed by atoms with Gasteiger partial charge in [0.15, 0.2) is 0 Å². The van der Waals surface area contributed by atoms with E-state index < -0.39 is 10.0 Å². The van der Waals surface area contributed by atoms with Crippen LogP contribution >= 0.6 is 0 Å². The number of rotatable bonds is 4. The predicted octanol–water partition coefficient (Wildman–Crippen LogP) is 3.81. The highest BCUT2D eigenvalue weighted by molar-refractivity contribution is 7.92. The molecular weight excluding hydrogens is 360 g/mol. The number of benzene rings is 2. The fourth-order valence-corrected chi connectivity index (χ4v) is 4.16. The molecular formula is C20H18N4O2S. The van der Waals surface area contributed by atoms with Crippen LogP contribution < -0.4 is 4.72 Å². The van der Waals surface area contributed by atoms with Crippen LogP contribution in [0.3, 0.4) is 0 Å². The number of sulfonamides is 1. The van der Waals surface area contributed by atoms with Crippen molar-refractivity contribution in [2.75, 3.05) is 4.72 Å². The van der Waals surface area contributed by atoms with Crippen LogP contribution in [-0.2, 0) is 10.0 Å². The number of hydrogen-bond acceptors (Lipinski definition) is 4. The first-order valence-electron chi connectivity index (χ1n) is 8.44. The third-order valence-corrected chi connectivity index (χ3v) is 5.71. The molecule has 136 valence electrons. The SMILES string of the molecule is Cc1cccc(S(=O)(=O)Nc2cccc(-c3nc4ncccn4c3C)c2)c1. The standard InChI is InChI=1S/C20H18N4O2S/c1-14-6-3-9-18(12-14)27(25,26)23-17-8-4-7-16(13-17)19-15(2)24-11-5-10-21-20(24)22-19/h3-13,23H,1-2H3. The molecule has 0 radical (unpaired) electrons. The number of fused-ring (bicyclic) bond motifs is 1. The first-order chi connectivity index (χ1) is 12.9. The average molecular weight is 378 g/mol. The van der Waals surface area contributed by atoms with Crippen LogP contribution in [0.2, 0.25) is 0 Å². The molecule has 0 saturated carbocycles. The van der Waals surface area contributed by atoms with E-state index in [1.807, 2.05) is 42.6 Å². The highest BCUT2D eigenvalue weighted by Gasteiger charge is 2.16. The van der Waals surface area contributed by atoms with Crippen molar-refractivity contribution in [1.82, 2.24) is 14.4 Å². The molecule has 0 fully saturated rings. The number of aryl methyl sites for hydroxylation is 2. The van der Waals surface area contributed by atoms with E-state index in [1.165, 1.54) is 0 Å². The lowest BCUT2D eigenvalue weighted by molar-refractivity contribution is 0.601. The summed E-state index contributed by atoms with van der Waals surface area (Å²) in [6.45, 7) is 3.82. The Morgan fingerprint density at radius 3 is 2.59 bits per heavy atom. The van der Waals surface area contributed by atoms with Crippen LogP contribution in [0.5, 0.6) is 0 Å². The lowest BCUT2D eigenvalue weighted by atomic mass is 10.1. The predicted molar refractivity (Wildman–Crippen MR) is 105 cm³/mol. The van der Waals surface area contributed by atoms with E-state index in [0.717, 1.165) is 22.5 Å². The average Bonchev–Trinajstić information content (AvgIpc) is 2.99. The van der Waals surface area contributed by atoms with Crippen LogP contribution in [0.1, 0.15) is 11.3 Å². The molecule has 0 amide bonds. The number of aromatic nitrogens is 3. The molecule has 0 atom stereocenters. The Kier molecular flexibility index (Phi) is 4.16. The number of imidazole rings is 1. The maximum absolute atomic E-state index is 12.7. The maximum atomic E-state index is 12.7. The molecule has 0 saturated heterocycles. The molecule has 4 rings (SSSR count). The molecule has 2 aromatic carbocycles. The molecule has 7 heteroatoms. The van der Waals surface area contributed by atoms with Crippen molar-refractivity contribution in [3.8, 4) is 11.3 Å². The minimum absolute atomic E-state index is 0.237. The monoisotopic (exact) mass is 378 g/mol. The summed E-state index contributed by atoms with van der Waals surface area (Å²) in [4.78, 5) is 9.06. The van der Waals surface area contributed by atoms with Crippen LogP contribution in [-0.4, -0.2) is 22.8 Å². The minimum atomic E-state index is -3.66. The quantitative estimate of drug-likeness (QED) is 0.586. The molecule has 0 aliphatic carbocycles. The van der Waals surface area contributed by atoms with Crippen LogP contribution in [0.25, 0.3) is 17.0 Å². The van der Waals surface area contributed by atoms with Crippen LogP contribution in [0, 0.1) is 13.8 Å². The van der Waals surface area contributed by atoms with Crippen molar-refractivity contribution in [2.45, 2.75) is 18.7 Å². The molecule has 0 unspecified atom stereocenters. The van der Waals surface area contributed by atoms with E-state index in [-0.39, 0.29) is 4.90 Å². The lowest BCUT2D eigenvalue weighted by Gasteiger charge is -2.10. The van der Waals surface area contributed by atoms with E-state index in [0.29, 0.717) is 11.5 Å². The van der Waals surface area contributed by atoms with Gasteiger partial charge in [-0.05, 0) is 49.7 Å². The molecule has 0 aliphatic heterocycles. The molecule has 1 N–H and O–H groups in total. The van der Waals surface area contributed by atoms with E-state index in [9.17, 15) is 8.42 Å². The number of nitrogens with one attached hydrogen (secondary N) is 1. The van der Waals surface area contributed by atoms with Gasteiger partial charge in [-0.1, -0.05) is 24.3 Å². The van der Waals surface area contributed by atoms with Crippen molar-refractivity contribution >= 4 is 21.5 Å². The van der Waals surface area contributed by atoms with Crippen molar-refractivity contribution in [1.29, 1.82) is 0 Å². The fraction of sp³-hybridized carbons (Fsp3) is 0.100. The molecule has 4 aromatic rings. The minimum Gasteiger partial charge on any atom is -0.288 e. The van der Waals surface area contributed by atoms with Gasteiger partial charge in [0.05, 0.1) is 10.6 Å². The molecule has 27 heavy (non-hydrogen) atoms. The molecule has 0 aliphatic rings. The van der Waals surface area contributed by atoms with E-state index in [2.05, 4.69) is 14.7 Å². The summed E-state index contributed by atoms with van der Waals surface area (Å²) in [6.07, 6.45) is 3.59. The summed E-state index contributed by atoms with van der Waals surface area (Å²) in [6, 6.07) is 15.9. The van der Waals surface area contributed by atoms with Gasteiger partial charge in [-0.2, -0.15) is 0 Å². The smallest absolute Gasteiger partial charge is 0.261 e. The zero-order valence-electron chi connectivity index (χ0n) is 14.9. The topological polar surface area (TPSA) is 76.4 Å². The van der Waals surface area contributed by atoms with Gasteiger partial charge < -0.3 is 0 Å². The van der Waals surface area contributed by atoms with Gasteiger partial charge in [-0.3, -0.25) is 9.12 Å². The van der Waals surface area contributed by atoms with Crippen LogP contribution in [0.4, 0.5) is 5.69 Å². The van der Waals surface area contributed by atoms with E-state index in [1.54, 1.807) is 42.6 Å². The fourth-order valence-electron chi connectivity index (χ4n) is 3.00. The molecule has 2 aromatic heterocycles. The van der Waals surface area contributed by atoms with Crippen LogP contribution in [0.15, 0.2) is 71.9 Å². The highest BCUT2D eigenvalue weighted by Crippen LogP contribution is 2.26. The second-order valence-corrected chi connectivity index (χ2v) is 8.02. The lowest BCUT2D eigenvalue weighted by Crippen LogP contribution is -2.13. The molecule has 0 bridgehead atoms. The Hall–Kier alpha value is -3.19. The zero-order chi connectivity index (χ0) is 19.0. The highest BCUT2D eigenvalue weighted by atomic mass is 32.2. The van der Waals surface area contributed by atoms with Gasteiger partial charge >= 0.3 is 0 Å². The summed E-state index contributed by atoms with van der Waals surface area (Å²) in [5.41, 5.74) is 3.91. The Morgan fingerprint density at radius 1 is 1.00 bits per heavy atom. The normalized spacial score (nSPS) is 11.6. The van der Waals surface area contributed by atoms with Crippen molar-refractivity contribution in [3.05, 3.63) is 78.2 Å². The van der Waals surface area contributed by atoms with Gasteiger partial charge in [0, 0.05) is 29.3 Å². The van der Waals surface area contributed by atoms with E-state index in [4.69, 9.17) is 0 Å². The largest absolute Gasteiger partial charge is 0.288 e. The summed E-state index contributed by atoms with van der Waals surface area (Å²) in [5.74, 6) is 0.607. The number of nitrogens with zero attached hydrogens (tertiary/aromatic N) is 3. The Bertz CT molecular complexity index is 1250. The Labute approximate surface area is 157 Å². The number of anilines is 1. The summed E-state index contributed by atoms with van der Waals surface area (Å²) in [7, 11) is -3.66. The summed E-state index contributed by atoms with van der Waals surface area (Å²) >= 11 is 0. The van der Waals surface area contributed by atoms with Crippen molar-refractivity contribution < 1.29 is 8.42 Å². The molecule has 0 spiro atoms.